The average molecular weight is 603 g/mol. The van der Waals surface area contributed by atoms with Gasteiger partial charge >= 0.3 is 0 Å². The Bertz CT molecular complexity index is 1770. The molecular weight excluding hydrogens is 578 g/mol. The third-order valence-corrected chi connectivity index (χ3v) is 7.66. The molecule has 42 heavy (non-hydrogen) atoms. The van der Waals surface area contributed by atoms with Crippen LogP contribution in [-0.2, 0) is 11.3 Å². The number of rotatable bonds is 8. The van der Waals surface area contributed by atoms with Crippen LogP contribution in [0.3, 0.4) is 0 Å². The molecule has 5 aromatic rings. The fourth-order valence-corrected chi connectivity index (χ4v) is 5.43. The quantitative estimate of drug-likeness (QED) is 0.186. The van der Waals surface area contributed by atoms with Gasteiger partial charge in [0.05, 0.1) is 46.1 Å². The van der Waals surface area contributed by atoms with Gasteiger partial charge in [0.15, 0.2) is 0 Å². The van der Waals surface area contributed by atoms with E-state index in [-0.39, 0.29) is 11.1 Å². The molecule has 0 saturated carbocycles. The van der Waals surface area contributed by atoms with Gasteiger partial charge in [0.25, 0.3) is 0 Å². The van der Waals surface area contributed by atoms with Gasteiger partial charge in [-0.25, -0.2) is 4.39 Å². The van der Waals surface area contributed by atoms with E-state index in [4.69, 9.17) is 27.9 Å². The van der Waals surface area contributed by atoms with Crippen molar-refractivity contribution in [1.29, 1.82) is 5.26 Å². The van der Waals surface area contributed by atoms with E-state index >= 15 is 0 Å². The molecule has 1 saturated heterocycles. The molecule has 0 spiro atoms. The summed E-state index contributed by atoms with van der Waals surface area (Å²) in [5.74, 6) is -0.537. The van der Waals surface area contributed by atoms with Crippen molar-refractivity contribution in [2.45, 2.75) is 12.6 Å². The van der Waals surface area contributed by atoms with Crippen molar-refractivity contribution >= 4 is 51.2 Å². The summed E-state index contributed by atoms with van der Waals surface area (Å²) in [4.78, 5) is 6.73. The summed E-state index contributed by atoms with van der Waals surface area (Å²) in [7, 11) is 0. The van der Waals surface area contributed by atoms with Crippen LogP contribution in [0.1, 0.15) is 28.6 Å². The minimum atomic E-state index is -0.537. The topological polar surface area (TPSA) is 115 Å². The zero-order valence-corrected chi connectivity index (χ0v) is 23.8. The Hall–Kier alpha value is -4.27. The van der Waals surface area contributed by atoms with Gasteiger partial charge in [0.2, 0.25) is 0 Å². The van der Waals surface area contributed by atoms with Crippen molar-refractivity contribution in [3.05, 3.63) is 105 Å². The lowest BCUT2D eigenvalue weighted by Crippen LogP contribution is -2.36. The molecule has 3 heterocycles. The van der Waals surface area contributed by atoms with Crippen molar-refractivity contribution in [3.63, 3.8) is 0 Å². The lowest BCUT2D eigenvalue weighted by molar-refractivity contribution is 0.0335. The van der Waals surface area contributed by atoms with E-state index in [2.05, 4.69) is 42.0 Å². The molecule has 2 aromatic heterocycles. The highest BCUT2D eigenvalue weighted by atomic mass is 35.5. The van der Waals surface area contributed by atoms with Gasteiger partial charge in [-0.15, -0.1) is 0 Å². The zero-order chi connectivity index (χ0) is 29.1. The summed E-state index contributed by atoms with van der Waals surface area (Å²) in [6.07, 6.45) is 1.45. The predicted octanol–water partition coefficient (Wildman–Crippen LogP) is 6.45. The summed E-state index contributed by atoms with van der Waals surface area (Å²) in [6, 6.07) is 19.7. The van der Waals surface area contributed by atoms with Crippen LogP contribution in [0.25, 0.3) is 10.9 Å². The molecule has 1 aliphatic rings. The molecule has 0 radical (unpaired) electrons. The smallest absolute Gasteiger partial charge is 0.141 e. The number of H-pyrrole nitrogens is 1. The second kappa shape index (κ2) is 12.3. The van der Waals surface area contributed by atoms with Gasteiger partial charge in [0, 0.05) is 42.6 Å². The Labute approximate surface area is 251 Å². The Morgan fingerprint density at radius 3 is 2.57 bits per heavy atom. The van der Waals surface area contributed by atoms with E-state index in [1.165, 1.54) is 18.3 Å². The van der Waals surface area contributed by atoms with E-state index in [0.29, 0.717) is 58.3 Å². The molecule has 9 nitrogen and oxygen atoms in total. The van der Waals surface area contributed by atoms with Crippen molar-refractivity contribution in [3.8, 4) is 6.07 Å². The Kier molecular flexibility index (Phi) is 8.17. The number of anilines is 3. The summed E-state index contributed by atoms with van der Waals surface area (Å²) >= 11 is 12.8. The molecule has 3 N–H and O–H groups in total. The number of pyridine rings is 1. The van der Waals surface area contributed by atoms with Gasteiger partial charge in [-0.3, -0.25) is 9.88 Å². The maximum Gasteiger partial charge on any atom is 0.141 e. The molecule has 1 aliphatic heterocycles. The van der Waals surface area contributed by atoms with Gasteiger partial charge in [-0.2, -0.15) is 20.7 Å². The molecule has 1 fully saturated rings. The fraction of sp³-hybridized carbons (Fsp3) is 0.200. The van der Waals surface area contributed by atoms with E-state index in [1.54, 1.807) is 12.1 Å². The first kappa shape index (κ1) is 27.9. The molecule has 12 heteroatoms. The van der Waals surface area contributed by atoms with Gasteiger partial charge in [-0.05, 0) is 35.9 Å². The van der Waals surface area contributed by atoms with E-state index in [1.807, 2.05) is 36.4 Å². The lowest BCUT2D eigenvalue weighted by atomic mass is 10.0. The Morgan fingerprint density at radius 1 is 1.02 bits per heavy atom. The van der Waals surface area contributed by atoms with Gasteiger partial charge in [-0.1, -0.05) is 53.5 Å². The van der Waals surface area contributed by atoms with Crippen LogP contribution < -0.4 is 10.6 Å². The number of halogens is 3. The monoisotopic (exact) mass is 602 g/mol. The second-order valence-corrected chi connectivity index (χ2v) is 10.6. The number of hydrogen-bond donors (Lipinski definition) is 3. The fourth-order valence-electron chi connectivity index (χ4n) is 4.98. The van der Waals surface area contributed by atoms with E-state index in [0.717, 1.165) is 30.0 Å². The number of nitrogens with one attached hydrogen (secondary N) is 3. The Balaban J connectivity index is 1.41. The third-order valence-electron chi connectivity index (χ3n) is 7.08. The van der Waals surface area contributed by atoms with Crippen molar-refractivity contribution in [2.24, 2.45) is 0 Å². The van der Waals surface area contributed by atoms with Gasteiger partial charge < -0.3 is 15.4 Å². The van der Waals surface area contributed by atoms with Gasteiger partial charge in [0.1, 0.15) is 23.3 Å². The maximum absolute atomic E-state index is 13.8. The largest absolute Gasteiger partial charge is 0.379 e. The molecule has 1 unspecified atom stereocenters. The summed E-state index contributed by atoms with van der Waals surface area (Å²) in [5, 5.41) is 29.5. The Morgan fingerprint density at radius 2 is 1.81 bits per heavy atom. The number of fused-ring (bicyclic) bond motifs is 1. The van der Waals surface area contributed by atoms with E-state index in [9.17, 15) is 9.65 Å². The molecule has 6 rings (SSSR count). The minimum Gasteiger partial charge on any atom is -0.379 e. The number of nitrogens with zero attached hydrogens (tertiary/aromatic N) is 5. The first-order chi connectivity index (χ1) is 20.5. The lowest BCUT2D eigenvalue weighted by Gasteiger charge is -2.27. The van der Waals surface area contributed by atoms with Crippen LogP contribution in [0.2, 0.25) is 10.0 Å². The highest BCUT2D eigenvalue weighted by Crippen LogP contribution is 2.37. The molecule has 1 atom stereocenters. The van der Waals surface area contributed by atoms with Crippen molar-refractivity contribution in [1.82, 2.24) is 25.3 Å². The van der Waals surface area contributed by atoms with Crippen LogP contribution >= 0.6 is 23.2 Å². The van der Waals surface area contributed by atoms with E-state index < -0.39 is 5.82 Å². The molecule has 3 aromatic carbocycles. The van der Waals surface area contributed by atoms with Crippen molar-refractivity contribution < 1.29 is 9.13 Å². The molecule has 0 aliphatic carbocycles. The zero-order valence-electron chi connectivity index (χ0n) is 22.2. The van der Waals surface area contributed by atoms with Crippen LogP contribution in [0, 0.1) is 17.1 Å². The number of nitriles is 1. The molecule has 0 amide bonds. The maximum atomic E-state index is 13.8. The molecular formula is C30H25Cl2FN8O. The van der Waals surface area contributed by atoms with Crippen molar-refractivity contribution in [2.75, 3.05) is 36.9 Å². The second-order valence-electron chi connectivity index (χ2n) is 9.80. The number of ether oxygens (including phenoxy) is 1. The minimum absolute atomic E-state index is 0.0385. The predicted molar refractivity (Wildman–Crippen MR) is 161 cm³/mol. The number of hydrogen-bond acceptors (Lipinski definition) is 8. The number of benzene rings is 3. The number of aromatic amines is 1. The van der Waals surface area contributed by atoms with Crippen LogP contribution in [0.15, 0.2) is 66.9 Å². The standard InChI is InChI=1S/C30H25Cl2FN8O/c31-23-13-20(6-7-25(23)33)36-27-19(15-34)16-35-29-22(27)12-21(14-24(29)32)37-28(18-4-2-1-3-5-18)30-26(38-40-39-30)17-41-8-10-42-11-9-41/h1-7,12-14,16,28,37H,8-11,17H2,(H,35,36)(H,38,39,40). The number of aromatic nitrogens is 4. The SMILES string of the molecule is N#Cc1cnc2c(Cl)cc(NC(c3ccccc3)c3n[nH]nc3CN3CCOCC3)cc2c1Nc1ccc(F)c(Cl)c1. The number of morpholine rings is 1. The first-order valence-corrected chi connectivity index (χ1v) is 14.0. The first-order valence-electron chi connectivity index (χ1n) is 13.3. The summed E-state index contributed by atoms with van der Waals surface area (Å²) < 4.78 is 19.3. The summed E-state index contributed by atoms with van der Waals surface area (Å²) in [6.45, 7) is 3.63. The molecule has 212 valence electrons. The summed E-state index contributed by atoms with van der Waals surface area (Å²) in [5.41, 5.74) is 5.02. The molecule has 0 bridgehead atoms. The normalized spacial score (nSPS) is 14.4. The van der Waals surface area contributed by atoms with Crippen LogP contribution in [-0.4, -0.2) is 51.6 Å². The van der Waals surface area contributed by atoms with Crippen LogP contribution in [0.4, 0.5) is 21.5 Å². The highest BCUT2D eigenvalue weighted by molar-refractivity contribution is 6.36. The van der Waals surface area contributed by atoms with Crippen LogP contribution in [0.5, 0.6) is 0 Å². The third kappa shape index (κ3) is 5.86. The average Bonchev–Trinajstić information content (AvgIpc) is 3.46. The highest BCUT2D eigenvalue weighted by Gasteiger charge is 2.24.